The summed E-state index contributed by atoms with van der Waals surface area (Å²) < 4.78 is 9.93. The van der Waals surface area contributed by atoms with Crippen molar-refractivity contribution in [1.29, 1.82) is 0 Å². The molecule has 1 saturated heterocycles. The van der Waals surface area contributed by atoms with Gasteiger partial charge in [0.2, 0.25) is 0 Å². The second-order valence-corrected chi connectivity index (χ2v) is 3.11. The molecule has 1 unspecified atom stereocenters. The van der Waals surface area contributed by atoms with Gasteiger partial charge in [0, 0.05) is 0 Å². The van der Waals surface area contributed by atoms with Gasteiger partial charge in [0.15, 0.2) is 0 Å². The number of carbonyl (C=O) groups is 1. The molecule has 0 spiro atoms. The lowest BCUT2D eigenvalue weighted by molar-refractivity contribution is -0.147. The molecule has 0 radical (unpaired) electrons. The van der Waals surface area contributed by atoms with E-state index in [9.17, 15) is 4.79 Å². The van der Waals surface area contributed by atoms with E-state index < -0.39 is 0 Å². The van der Waals surface area contributed by atoms with Crippen LogP contribution in [-0.4, -0.2) is 37.9 Å². The number of ether oxygens (including phenoxy) is 2. The molecule has 1 fully saturated rings. The van der Waals surface area contributed by atoms with Gasteiger partial charge in [-0.05, 0) is 13.3 Å². The molecule has 1 aliphatic heterocycles. The number of hydrogen-bond donors (Lipinski definition) is 1. The Kier molecular flexibility index (Phi) is 4.18. The van der Waals surface area contributed by atoms with Crippen molar-refractivity contribution in [1.82, 2.24) is 5.32 Å². The minimum absolute atomic E-state index is 0.156. The monoisotopic (exact) mass is 187 g/mol. The van der Waals surface area contributed by atoms with E-state index in [-0.39, 0.29) is 12.0 Å². The molecule has 4 nitrogen and oxygen atoms in total. The highest BCUT2D eigenvalue weighted by molar-refractivity contribution is 5.75. The summed E-state index contributed by atoms with van der Waals surface area (Å²) >= 11 is 0. The number of hydrogen-bond acceptors (Lipinski definition) is 4. The summed E-state index contributed by atoms with van der Waals surface area (Å²) in [6, 6.07) is 0.156. The summed E-state index contributed by atoms with van der Waals surface area (Å²) in [5.74, 6) is -0.156. The molecule has 4 heteroatoms. The molecule has 1 aliphatic rings. The van der Waals surface area contributed by atoms with Crippen LogP contribution in [0.1, 0.15) is 20.3 Å². The lowest BCUT2D eigenvalue weighted by Gasteiger charge is -2.30. The molecule has 1 N–H and O–H groups in total. The first-order valence-electron chi connectivity index (χ1n) is 4.78. The second-order valence-electron chi connectivity index (χ2n) is 3.11. The minimum Gasteiger partial charge on any atom is -0.465 e. The van der Waals surface area contributed by atoms with Gasteiger partial charge in [0.05, 0.1) is 25.9 Å². The van der Waals surface area contributed by atoms with Crippen molar-refractivity contribution >= 4 is 5.97 Å². The Labute approximate surface area is 78.6 Å². The molecular weight excluding hydrogens is 170 g/mol. The Bertz CT molecular complexity index is 168. The standard InChI is InChI=1S/C9H17NO3/c1-3-8(9(11)13-4-2)10-7-5-12-6-7/h7-8,10H,3-6H2,1-2H3. The average molecular weight is 187 g/mol. The Balaban J connectivity index is 2.27. The van der Waals surface area contributed by atoms with E-state index in [0.29, 0.717) is 25.9 Å². The molecule has 0 aromatic rings. The largest absolute Gasteiger partial charge is 0.465 e. The maximum absolute atomic E-state index is 11.3. The van der Waals surface area contributed by atoms with Crippen molar-refractivity contribution in [2.24, 2.45) is 0 Å². The van der Waals surface area contributed by atoms with Gasteiger partial charge in [-0.15, -0.1) is 0 Å². The second kappa shape index (κ2) is 5.19. The zero-order valence-electron chi connectivity index (χ0n) is 8.21. The number of nitrogens with one attached hydrogen (secondary N) is 1. The summed E-state index contributed by atoms with van der Waals surface area (Å²) in [6.45, 7) is 5.63. The molecule has 1 rings (SSSR count). The van der Waals surface area contributed by atoms with Crippen LogP contribution in [0.2, 0.25) is 0 Å². The zero-order valence-corrected chi connectivity index (χ0v) is 8.21. The van der Waals surface area contributed by atoms with Gasteiger partial charge < -0.3 is 9.47 Å². The van der Waals surface area contributed by atoms with E-state index in [2.05, 4.69) is 5.32 Å². The Morgan fingerprint density at radius 1 is 1.62 bits per heavy atom. The molecule has 1 heterocycles. The number of rotatable bonds is 5. The SMILES string of the molecule is CCOC(=O)C(CC)NC1COC1. The molecule has 0 aromatic carbocycles. The normalized spacial score (nSPS) is 19.2. The lowest BCUT2D eigenvalue weighted by atomic mass is 10.1. The fourth-order valence-corrected chi connectivity index (χ4v) is 1.21. The maximum atomic E-state index is 11.3. The van der Waals surface area contributed by atoms with Gasteiger partial charge >= 0.3 is 5.97 Å². The van der Waals surface area contributed by atoms with Crippen LogP contribution in [0.25, 0.3) is 0 Å². The maximum Gasteiger partial charge on any atom is 0.323 e. The van der Waals surface area contributed by atoms with Crippen molar-refractivity contribution in [3.63, 3.8) is 0 Å². The third-order valence-corrected chi connectivity index (χ3v) is 2.05. The van der Waals surface area contributed by atoms with E-state index in [4.69, 9.17) is 9.47 Å². The fraction of sp³-hybridized carbons (Fsp3) is 0.889. The van der Waals surface area contributed by atoms with Crippen LogP contribution in [-0.2, 0) is 14.3 Å². The Hall–Kier alpha value is -0.610. The predicted molar refractivity (Wildman–Crippen MR) is 48.5 cm³/mol. The molecule has 0 aliphatic carbocycles. The van der Waals surface area contributed by atoms with Gasteiger partial charge in [-0.3, -0.25) is 10.1 Å². The Morgan fingerprint density at radius 3 is 2.69 bits per heavy atom. The van der Waals surface area contributed by atoms with E-state index in [1.807, 2.05) is 13.8 Å². The predicted octanol–water partition coefficient (Wildman–Crippen LogP) is 0.316. The van der Waals surface area contributed by atoms with E-state index in [1.54, 1.807) is 0 Å². The van der Waals surface area contributed by atoms with Crippen LogP contribution in [0, 0.1) is 0 Å². The topological polar surface area (TPSA) is 47.6 Å². The minimum atomic E-state index is -0.172. The summed E-state index contributed by atoms with van der Waals surface area (Å²) in [5, 5.41) is 3.19. The van der Waals surface area contributed by atoms with Gasteiger partial charge in [-0.2, -0.15) is 0 Å². The summed E-state index contributed by atoms with van der Waals surface area (Å²) in [5.41, 5.74) is 0. The van der Waals surface area contributed by atoms with Crippen molar-refractivity contribution in [3.8, 4) is 0 Å². The molecule has 0 saturated carbocycles. The van der Waals surface area contributed by atoms with Crippen LogP contribution < -0.4 is 5.32 Å². The van der Waals surface area contributed by atoms with Crippen LogP contribution in [0.3, 0.4) is 0 Å². The highest BCUT2D eigenvalue weighted by Crippen LogP contribution is 2.04. The highest BCUT2D eigenvalue weighted by atomic mass is 16.5. The van der Waals surface area contributed by atoms with Gasteiger partial charge in [-0.1, -0.05) is 6.92 Å². The number of carbonyl (C=O) groups excluding carboxylic acids is 1. The number of esters is 1. The van der Waals surface area contributed by atoms with Crippen molar-refractivity contribution in [2.45, 2.75) is 32.4 Å². The van der Waals surface area contributed by atoms with E-state index >= 15 is 0 Å². The molecule has 0 bridgehead atoms. The quantitative estimate of drug-likeness (QED) is 0.629. The first-order valence-corrected chi connectivity index (χ1v) is 4.78. The van der Waals surface area contributed by atoms with Gasteiger partial charge in [-0.25, -0.2) is 0 Å². The van der Waals surface area contributed by atoms with Crippen LogP contribution in [0.4, 0.5) is 0 Å². The fourth-order valence-electron chi connectivity index (χ4n) is 1.21. The molecular formula is C9H17NO3. The summed E-state index contributed by atoms with van der Waals surface area (Å²) in [7, 11) is 0. The highest BCUT2D eigenvalue weighted by Gasteiger charge is 2.25. The molecule has 0 aromatic heterocycles. The van der Waals surface area contributed by atoms with Gasteiger partial charge in [0.25, 0.3) is 0 Å². The first-order chi connectivity index (χ1) is 6.27. The average Bonchev–Trinajstić information content (AvgIpc) is 2.03. The van der Waals surface area contributed by atoms with Crippen LogP contribution in [0.15, 0.2) is 0 Å². The lowest BCUT2D eigenvalue weighted by Crippen LogP contribution is -2.53. The molecule has 13 heavy (non-hydrogen) atoms. The first kappa shape index (κ1) is 10.5. The van der Waals surface area contributed by atoms with Gasteiger partial charge in [0.1, 0.15) is 6.04 Å². The molecule has 0 amide bonds. The zero-order chi connectivity index (χ0) is 9.68. The van der Waals surface area contributed by atoms with Crippen LogP contribution >= 0.6 is 0 Å². The van der Waals surface area contributed by atoms with Crippen molar-refractivity contribution in [3.05, 3.63) is 0 Å². The van der Waals surface area contributed by atoms with Crippen molar-refractivity contribution < 1.29 is 14.3 Å². The smallest absolute Gasteiger partial charge is 0.323 e. The molecule has 1 atom stereocenters. The van der Waals surface area contributed by atoms with Crippen molar-refractivity contribution in [2.75, 3.05) is 19.8 Å². The molecule has 76 valence electrons. The van der Waals surface area contributed by atoms with E-state index in [0.717, 1.165) is 6.42 Å². The Morgan fingerprint density at radius 2 is 2.31 bits per heavy atom. The third-order valence-electron chi connectivity index (χ3n) is 2.05. The van der Waals surface area contributed by atoms with E-state index in [1.165, 1.54) is 0 Å². The third kappa shape index (κ3) is 2.97. The summed E-state index contributed by atoms with van der Waals surface area (Å²) in [6.07, 6.45) is 0.759. The summed E-state index contributed by atoms with van der Waals surface area (Å²) in [4.78, 5) is 11.3. The van der Waals surface area contributed by atoms with Crippen LogP contribution in [0.5, 0.6) is 0 Å².